The Bertz CT molecular complexity index is 456. The third-order valence-electron chi connectivity index (χ3n) is 2.92. The van der Waals surface area contributed by atoms with Crippen molar-refractivity contribution in [2.24, 2.45) is 5.92 Å². The van der Waals surface area contributed by atoms with Gasteiger partial charge >= 0.3 is 0 Å². The van der Waals surface area contributed by atoms with Crippen molar-refractivity contribution >= 4 is 11.7 Å². The van der Waals surface area contributed by atoms with E-state index in [9.17, 15) is 14.0 Å². The maximum Gasteiger partial charge on any atom is 0.223 e. The normalized spacial score (nSPS) is 19.1. The standard InChI is InChI=1S/C12H12FNO2/c1-14-12(16)7-5-9-8(11(15)6-7)3-2-4-10(9)13/h2-4,7H,5-6H2,1H3,(H,14,16). The van der Waals surface area contributed by atoms with E-state index < -0.39 is 11.7 Å². The Balaban J connectivity index is 2.39. The molecule has 0 bridgehead atoms. The summed E-state index contributed by atoms with van der Waals surface area (Å²) in [4.78, 5) is 23.2. The highest BCUT2D eigenvalue weighted by Crippen LogP contribution is 2.27. The van der Waals surface area contributed by atoms with Crippen LogP contribution in [-0.2, 0) is 11.2 Å². The van der Waals surface area contributed by atoms with Gasteiger partial charge in [0.05, 0.1) is 0 Å². The minimum absolute atomic E-state index is 0.158. The first kappa shape index (κ1) is 10.8. The van der Waals surface area contributed by atoms with Crippen LogP contribution in [0.1, 0.15) is 22.3 Å². The molecule has 0 saturated heterocycles. The van der Waals surface area contributed by atoms with Crippen molar-refractivity contribution in [2.45, 2.75) is 12.8 Å². The molecule has 3 nitrogen and oxygen atoms in total. The number of halogens is 1. The number of carbonyl (C=O) groups excluding carboxylic acids is 2. The molecule has 0 aliphatic heterocycles. The molecule has 1 atom stereocenters. The van der Waals surface area contributed by atoms with Gasteiger partial charge in [0.25, 0.3) is 0 Å². The molecule has 1 aromatic carbocycles. The molecule has 0 saturated carbocycles. The Morgan fingerprint density at radius 3 is 2.88 bits per heavy atom. The first-order valence-corrected chi connectivity index (χ1v) is 5.15. The Hall–Kier alpha value is -1.71. The number of hydrogen-bond donors (Lipinski definition) is 1. The molecule has 1 amide bonds. The van der Waals surface area contributed by atoms with Gasteiger partial charge in [-0.25, -0.2) is 4.39 Å². The van der Waals surface area contributed by atoms with Gasteiger partial charge in [0.1, 0.15) is 5.82 Å². The first-order valence-electron chi connectivity index (χ1n) is 5.15. The fourth-order valence-corrected chi connectivity index (χ4v) is 2.07. The van der Waals surface area contributed by atoms with Gasteiger partial charge in [-0.05, 0) is 18.1 Å². The summed E-state index contributed by atoms with van der Waals surface area (Å²) in [6.45, 7) is 0. The SMILES string of the molecule is CNC(=O)C1CC(=O)c2cccc(F)c2C1. The van der Waals surface area contributed by atoms with E-state index in [1.807, 2.05) is 0 Å². The van der Waals surface area contributed by atoms with Crippen molar-refractivity contribution in [2.75, 3.05) is 7.05 Å². The molecule has 0 spiro atoms. The van der Waals surface area contributed by atoms with Crippen LogP contribution in [0.4, 0.5) is 4.39 Å². The lowest BCUT2D eigenvalue weighted by atomic mass is 9.82. The predicted octanol–water partition coefficient (Wildman–Crippen LogP) is 1.32. The average Bonchev–Trinajstić information content (AvgIpc) is 2.29. The number of rotatable bonds is 1. The fourth-order valence-electron chi connectivity index (χ4n) is 2.07. The van der Waals surface area contributed by atoms with Crippen molar-refractivity contribution < 1.29 is 14.0 Å². The van der Waals surface area contributed by atoms with E-state index in [1.54, 1.807) is 6.07 Å². The van der Waals surface area contributed by atoms with E-state index in [2.05, 4.69) is 5.32 Å². The van der Waals surface area contributed by atoms with Gasteiger partial charge in [-0.15, -0.1) is 0 Å². The second-order valence-electron chi connectivity index (χ2n) is 3.91. The highest BCUT2D eigenvalue weighted by Gasteiger charge is 2.30. The Morgan fingerprint density at radius 1 is 1.44 bits per heavy atom. The minimum atomic E-state index is -0.443. The van der Waals surface area contributed by atoms with Crippen LogP contribution in [0.3, 0.4) is 0 Å². The summed E-state index contributed by atoms with van der Waals surface area (Å²) in [5, 5.41) is 2.49. The van der Waals surface area contributed by atoms with Crippen LogP contribution in [0.15, 0.2) is 18.2 Å². The lowest BCUT2D eigenvalue weighted by Gasteiger charge is -2.22. The average molecular weight is 221 g/mol. The van der Waals surface area contributed by atoms with E-state index in [1.165, 1.54) is 19.2 Å². The second kappa shape index (κ2) is 4.04. The molecule has 0 heterocycles. The summed E-state index contributed by atoms with van der Waals surface area (Å²) in [5.41, 5.74) is 0.785. The summed E-state index contributed by atoms with van der Waals surface area (Å²) in [5.74, 6) is -1.21. The summed E-state index contributed by atoms with van der Waals surface area (Å²) in [6.07, 6.45) is 0.462. The van der Waals surface area contributed by atoms with Crippen LogP contribution >= 0.6 is 0 Å². The van der Waals surface area contributed by atoms with Crippen molar-refractivity contribution in [1.82, 2.24) is 5.32 Å². The van der Waals surface area contributed by atoms with Crippen molar-refractivity contribution in [3.05, 3.63) is 35.1 Å². The monoisotopic (exact) mass is 221 g/mol. The highest BCUT2D eigenvalue weighted by atomic mass is 19.1. The Kier molecular flexibility index (Phi) is 2.73. The lowest BCUT2D eigenvalue weighted by molar-refractivity contribution is -0.124. The molecule has 1 unspecified atom stereocenters. The maximum atomic E-state index is 13.5. The molecule has 0 radical (unpaired) electrons. The van der Waals surface area contributed by atoms with Gasteiger partial charge in [-0.1, -0.05) is 12.1 Å². The first-order chi connectivity index (χ1) is 7.63. The van der Waals surface area contributed by atoms with Gasteiger partial charge in [0.2, 0.25) is 5.91 Å². The van der Waals surface area contributed by atoms with Crippen molar-refractivity contribution in [1.29, 1.82) is 0 Å². The molecule has 16 heavy (non-hydrogen) atoms. The van der Waals surface area contributed by atoms with Crippen LogP contribution in [0, 0.1) is 11.7 Å². The van der Waals surface area contributed by atoms with Crippen LogP contribution in [0.25, 0.3) is 0 Å². The highest BCUT2D eigenvalue weighted by molar-refractivity contribution is 6.01. The molecule has 1 aromatic rings. The summed E-state index contributed by atoms with van der Waals surface area (Å²) >= 11 is 0. The molecule has 0 fully saturated rings. The number of ketones is 1. The zero-order valence-corrected chi connectivity index (χ0v) is 8.92. The maximum absolute atomic E-state index is 13.5. The van der Waals surface area contributed by atoms with Crippen LogP contribution in [0.5, 0.6) is 0 Å². The Morgan fingerprint density at radius 2 is 2.19 bits per heavy atom. The summed E-state index contributed by atoms with van der Waals surface area (Å²) in [6, 6.07) is 4.45. The van der Waals surface area contributed by atoms with Gasteiger partial charge < -0.3 is 5.32 Å². The zero-order valence-electron chi connectivity index (χ0n) is 8.92. The minimum Gasteiger partial charge on any atom is -0.359 e. The quantitative estimate of drug-likeness (QED) is 0.777. The molecule has 1 N–H and O–H groups in total. The van der Waals surface area contributed by atoms with E-state index in [-0.39, 0.29) is 18.1 Å². The molecule has 84 valence electrons. The summed E-state index contributed by atoms with van der Waals surface area (Å²) in [7, 11) is 1.52. The topological polar surface area (TPSA) is 46.2 Å². The number of nitrogens with one attached hydrogen (secondary N) is 1. The van der Waals surface area contributed by atoms with Gasteiger partial charge in [-0.2, -0.15) is 0 Å². The number of amides is 1. The second-order valence-corrected chi connectivity index (χ2v) is 3.91. The van der Waals surface area contributed by atoms with E-state index in [0.29, 0.717) is 17.5 Å². The van der Waals surface area contributed by atoms with Gasteiger partial charge in [0.15, 0.2) is 5.78 Å². The molecule has 4 heteroatoms. The molecule has 2 rings (SSSR count). The number of hydrogen-bond acceptors (Lipinski definition) is 2. The molecule has 0 aromatic heterocycles. The zero-order chi connectivity index (χ0) is 11.7. The number of carbonyl (C=O) groups is 2. The third-order valence-corrected chi connectivity index (χ3v) is 2.92. The smallest absolute Gasteiger partial charge is 0.223 e. The van der Waals surface area contributed by atoms with Gasteiger partial charge in [0, 0.05) is 24.9 Å². The summed E-state index contributed by atoms with van der Waals surface area (Å²) < 4.78 is 13.5. The van der Waals surface area contributed by atoms with Crippen LogP contribution in [-0.4, -0.2) is 18.7 Å². The van der Waals surface area contributed by atoms with Crippen LogP contribution < -0.4 is 5.32 Å². The molecule has 1 aliphatic rings. The number of benzene rings is 1. The number of Topliss-reactive ketones (excluding diaryl/α,β-unsaturated/α-hetero) is 1. The molecular weight excluding hydrogens is 209 g/mol. The lowest BCUT2D eigenvalue weighted by Crippen LogP contribution is -2.34. The number of fused-ring (bicyclic) bond motifs is 1. The molecule has 1 aliphatic carbocycles. The third kappa shape index (κ3) is 1.71. The predicted molar refractivity (Wildman–Crippen MR) is 56.6 cm³/mol. The van der Waals surface area contributed by atoms with E-state index in [0.717, 1.165) is 0 Å². The van der Waals surface area contributed by atoms with Crippen LogP contribution in [0.2, 0.25) is 0 Å². The fraction of sp³-hybridized carbons (Fsp3) is 0.333. The van der Waals surface area contributed by atoms with Gasteiger partial charge in [-0.3, -0.25) is 9.59 Å². The largest absolute Gasteiger partial charge is 0.359 e. The van der Waals surface area contributed by atoms with Crippen molar-refractivity contribution in [3.63, 3.8) is 0 Å². The Labute approximate surface area is 92.7 Å². The van der Waals surface area contributed by atoms with E-state index >= 15 is 0 Å². The molecular formula is C12H12FNO2. The van der Waals surface area contributed by atoms with Crippen molar-refractivity contribution in [3.8, 4) is 0 Å². The van der Waals surface area contributed by atoms with E-state index in [4.69, 9.17) is 0 Å².